The third-order valence-electron chi connectivity index (χ3n) is 6.50. The number of Topliss-reactive ketones (excluding diaryl/α,β-unsaturated/α-hetero) is 1. The second kappa shape index (κ2) is 9.71. The summed E-state index contributed by atoms with van der Waals surface area (Å²) in [5, 5.41) is 10.1. The molecule has 0 aliphatic carbocycles. The van der Waals surface area contributed by atoms with E-state index in [0.29, 0.717) is 47.8 Å². The van der Waals surface area contributed by atoms with E-state index in [-0.39, 0.29) is 23.9 Å². The molecule has 184 valence electrons. The number of benzene rings is 1. The maximum absolute atomic E-state index is 13.7. The highest BCUT2D eigenvalue weighted by atomic mass is 16.5. The van der Waals surface area contributed by atoms with Gasteiger partial charge in [0.1, 0.15) is 34.2 Å². The van der Waals surface area contributed by atoms with E-state index >= 15 is 0 Å². The number of carbonyl (C=O) groups excluding carboxylic acids is 1. The lowest BCUT2D eigenvalue weighted by molar-refractivity contribution is 0.0970. The molecular formula is C26H26N6O4. The minimum atomic E-state index is -0.399. The number of aromatic nitrogens is 3. The summed E-state index contributed by atoms with van der Waals surface area (Å²) in [7, 11) is 1.53. The van der Waals surface area contributed by atoms with Crippen LogP contribution in [0.25, 0.3) is 11.0 Å². The van der Waals surface area contributed by atoms with Crippen LogP contribution in [0.3, 0.4) is 0 Å². The number of rotatable bonds is 7. The standard InChI is InChI=1S/C26H26N6O4/c1-35-20-6-2-4-18(10-20)22(33)14-31-16-29-23-21(11-27)25(30-8-3-5-19(28)13-30)32(24(23)26(31)34)12-17-7-9-36-15-17/h2,4,6-7,9-10,15-16,19H,3,5,8,12-14,28H2,1H3/t19-/m1/s1. The van der Waals surface area contributed by atoms with E-state index in [1.807, 2.05) is 6.07 Å². The SMILES string of the molecule is COc1cccc(C(=O)Cn2cnc3c(C#N)c(N4CCC[C@@H](N)C4)n(Cc4ccoc4)c3c2=O)c1. The van der Waals surface area contributed by atoms with Crippen LogP contribution < -0.4 is 20.9 Å². The van der Waals surface area contributed by atoms with Crippen molar-refractivity contribution in [2.45, 2.75) is 32.0 Å². The number of carbonyl (C=O) groups is 1. The number of nitrogens with zero attached hydrogens (tertiary/aromatic N) is 5. The highest BCUT2D eigenvalue weighted by Gasteiger charge is 2.29. The van der Waals surface area contributed by atoms with Crippen molar-refractivity contribution in [3.05, 3.63) is 76.2 Å². The summed E-state index contributed by atoms with van der Waals surface area (Å²) in [6.45, 7) is 1.39. The summed E-state index contributed by atoms with van der Waals surface area (Å²) in [6, 6.07) is 10.8. The zero-order valence-electron chi connectivity index (χ0n) is 19.9. The van der Waals surface area contributed by atoms with E-state index in [0.717, 1.165) is 18.4 Å². The minimum Gasteiger partial charge on any atom is -0.497 e. The van der Waals surface area contributed by atoms with Crippen molar-refractivity contribution >= 4 is 22.6 Å². The quantitative estimate of drug-likeness (QED) is 0.394. The average molecular weight is 487 g/mol. The fraction of sp³-hybridized carbons (Fsp3) is 0.308. The van der Waals surface area contributed by atoms with Gasteiger partial charge in [-0.2, -0.15) is 5.26 Å². The van der Waals surface area contributed by atoms with Crippen LogP contribution in [0.15, 0.2) is 58.4 Å². The summed E-state index contributed by atoms with van der Waals surface area (Å²) in [6.07, 6.45) is 6.28. The van der Waals surface area contributed by atoms with Crippen LogP contribution in [0.2, 0.25) is 0 Å². The molecule has 0 radical (unpaired) electrons. The van der Waals surface area contributed by atoms with Crippen LogP contribution in [0.4, 0.5) is 5.82 Å². The van der Waals surface area contributed by atoms with Crippen molar-refractivity contribution in [1.29, 1.82) is 5.26 Å². The Kier molecular flexibility index (Phi) is 6.31. The Balaban J connectivity index is 1.63. The third-order valence-corrected chi connectivity index (χ3v) is 6.50. The van der Waals surface area contributed by atoms with Crippen LogP contribution in [-0.4, -0.2) is 46.1 Å². The molecule has 4 heterocycles. The van der Waals surface area contributed by atoms with Crippen molar-refractivity contribution in [3.63, 3.8) is 0 Å². The number of hydrogen-bond donors (Lipinski definition) is 1. The van der Waals surface area contributed by atoms with Crippen molar-refractivity contribution < 1.29 is 13.9 Å². The first kappa shape index (κ1) is 23.4. The molecule has 0 unspecified atom stereocenters. The molecule has 0 amide bonds. The molecular weight excluding hydrogens is 460 g/mol. The van der Waals surface area contributed by atoms with E-state index in [2.05, 4.69) is 16.0 Å². The van der Waals surface area contributed by atoms with Gasteiger partial charge in [0, 0.05) is 30.3 Å². The lowest BCUT2D eigenvalue weighted by Gasteiger charge is -2.33. The number of fused-ring (bicyclic) bond motifs is 1. The van der Waals surface area contributed by atoms with Crippen LogP contribution >= 0.6 is 0 Å². The minimum absolute atomic E-state index is 0.0317. The van der Waals surface area contributed by atoms with Crippen LogP contribution in [0, 0.1) is 11.3 Å². The van der Waals surface area contributed by atoms with Gasteiger partial charge in [0.2, 0.25) is 0 Å². The maximum atomic E-state index is 13.7. The fourth-order valence-corrected chi connectivity index (χ4v) is 4.76. The smallest absolute Gasteiger partial charge is 0.278 e. The van der Waals surface area contributed by atoms with Crippen LogP contribution in [-0.2, 0) is 13.1 Å². The fourth-order valence-electron chi connectivity index (χ4n) is 4.76. The average Bonchev–Trinajstić information content (AvgIpc) is 3.52. The number of piperidine rings is 1. The molecule has 4 aromatic rings. The Bertz CT molecular complexity index is 1510. The third kappa shape index (κ3) is 4.25. The molecule has 5 rings (SSSR count). The molecule has 0 saturated carbocycles. The van der Waals surface area contributed by atoms with Gasteiger partial charge in [0.25, 0.3) is 5.56 Å². The molecule has 10 nitrogen and oxygen atoms in total. The van der Waals surface area contributed by atoms with Crippen molar-refractivity contribution in [3.8, 4) is 11.8 Å². The summed E-state index contributed by atoms with van der Waals surface area (Å²) in [5.41, 5.74) is 8.01. The summed E-state index contributed by atoms with van der Waals surface area (Å²) >= 11 is 0. The number of ketones is 1. The second-order valence-corrected chi connectivity index (χ2v) is 8.91. The topological polar surface area (TPSA) is 132 Å². The van der Waals surface area contributed by atoms with E-state index in [1.165, 1.54) is 18.0 Å². The van der Waals surface area contributed by atoms with Gasteiger partial charge >= 0.3 is 0 Å². The molecule has 2 N–H and O–H groups in total. The van der Waals surface area contributed by atoms with Crippen molar-refractivity contribution in [2.75, 3.05) is 25.1 Å². The highest BCUT2D eigenvalue weighted by Crippen LogP contribution is 2.32. The van der Waals surface area contributed by atoms with Gasteiger partial charge in [0.15, 0.2) is 5.78 Å². The second-order valence-electron chi connectivity index (χ2n) is 8.91. The summed E-state index contributed by atoms with van der Waals surface area (Å²) in [5.74, 6) is 0.914. The van der Waals surface area contributed by atoms with Crippen molar-refractivity contribution in [2.24, 2.45) is 5.73 Å². The summed E-state index contributed by atoms with van der Waals surface area (Å²) in [4.78, 5) is 33.3. The number of ether oxygens (including phenoxy) is 1. The number of nitriles is 1. The normalized spacial score (nSPS) is 15.7. The zero-order chi connectivity index (χ0) is 25.2. The zero-order valence-corrected chi connectivity index (χ0v) is 19.9. The van der Waals surface area contributed by atoms with Gasteiger partial charge in [0.05, 0.1) is 39.1 Å². The highest BCUT2D eigenvalue weighted by molar-refractivity contribution is 5.96. The lowest BCUT2D eigenvalue weighted by atomic mass is 10.1. The molecule has 1 aliphatic heterocycles. The number of methoxy groups -OCH3 is 1. The van der Waals surface area contributed by atoms with E-state index in [9.17, 15) is 14.9 Å². The van der Waals surface area contributed by atoms with Gasteiger partial charge in [-0.25, -0.2) is 4.98 Å². The Morgan fingerprint density at radius 3 is 2.94 bits per heavy atom. The molecule has 1 aromatic carbocycles. The van der Waals surface area contributed by atoms with Crippen molar-refractivity contribution in [1.82, 2.24) is 14.1 Å². The van der Waals surface area contributed by atoms with Gasteiger partial charge < -0.3 is 24.4 Å². The molecule has 1 fully saturated rings. The predicted octanol–water partition coefficient (Wildman–Crippen LogP) is 2.53. The van der Waals surface area contributed by atoms with Gasteiger partial charge in [-0.15, -0.1) is 0 Å². The molecule has 3 aromatic heterocycles. The Morgan fingerprint density at radius 2 is 2.22 bits per heavy atom. The van der Waals surface area contributed by atoms with Gasteiger partial charge in [-0.3, -0.25) is 14.2 Å². The molecule has 36 heavy (non-hydrogen) atoms. The lowest BCUT2D eigenvalue weighted by Crippen LogP contribution is -2.44. The predicted molar refractivity (Wildman–Crippen MR) is 133 cm³/mol. The Labute approximate surface area is 207 Å². The molecule has 1 atom stereocenters. The van der Waals surface area contributed by atoms with Crippen LogP contribution in [0.1, 0.15) is 34.3 Å². The Morgan fingerprint density at radius 1 is 1.36 bits per heavy atom. The number of hydrogen-bond acceptors (Lipinski definition) is 8. The molecule has 0 spiro atoms. The maximum Gasteiger partial charge on any atom is 0.278 e. The van der Waals surface area contributed by atoms with Gasteiger partial charge in [-0.1, -0.05) is 12.1 Å². The van der Waals surface area contributed by atoms with E-state index in [1.54, 1.807) is 41.4 Å². The molecule has 1 aliphatic rings. The molecule has 10 heteroatoms. The Hall–Kier alpha value is -4.36. The largest absolute Gasteiger partial charge is 0.497 e. The number of nitrogens with two attached hydrogens (primary N) is 1. The van der Waals surface area contributed by atoms with Crippen LogP contribution in [0.5, 0.6) is 5.75 Å². The first-order valence-corrected chi connectivity index (χ1v) is 11.7. The first-order valence-electron chi connectivity index (χ1n) is 11.7. The summed E-state index contributed by atoms with van der Waals surface area (Å²) < 4.78 is 13.5. The number of furan rings is 1. The number of anilines is 1. The first-order chi connectivity index (χ1) is 17.5. The molecule has 0 bridgehead atoms. The van der Waals surface area contributed by atoms with E-state index < -0.39 is 5.56 Å². The van der Waals surface area contributed by atoms with Gasteiger partial charge in [-0.05, 0) is 31.0 Å². The monoisotopic (exact) mass is 486 g/mol. The van der Waals surface area contributed by atoms with E-state index in [4.69, 9.17) is 14.9 Å². The molecule has 1 saturated heterocycles.